The largest absolute Gasteiger partial charge is 0.476 e. The van der Waals surface area contributed by atoms with E-state index in [1.54, 1.807) is 24.4 Å². The Kier molecular flexibility index (Phi) is 7.97. The Balaban J connectivity index is 1.82. The second kappa shape index (κ2) is 10.7. The van der Waals surface area contributed by atoms with Crippen LogP contribution in [0.25, 0.3) is 22.5 Å². The van der Waals surface area contributed by atoms with Gasteiger partial charge in [-0.15, -0.1) is 0 Å². The molecule has 174 valence electrons. The van der Waals surface area contributed by atoms with Crippen molar-refractivity contribution in [1.82, 2.24) is 20.3 Å². The van der Waals surface area contributed by atoms with Crippen molar-refractivity contribution >= 4 is 17.5 Å². The summed E-state index contributed by atoms with van der Waals surface area (Å²) in [5, 5.41) is 3.38. The first kappa shape index (κ1) is 24.6. The number of pyridine rings is 1. The van der Waals surface area contributed by atoms with Crippen LogP contribution >= 0.6 is 11.6 Å². The smallest absolute Gasteiger partial charge is 0.232 e. The van der Waals surface area contributed by atoms with Gasteiger partial charge in [0.15, 0.2) is 0 Å². The van der Waals surface area contributed by atoms with Crippen molar-refractivity contribution in [3.8, 4) is 28.4 Å². The summed E-state index contributed by atoms with van der Waals surface area (Å²) in [5.74, 6) is 0.317. The fourth-order valence-electron chi connectivity index (χ4n) is 3.12. The average Bonchev–Trinajstić information content (AvgIpc) is 2.77. The Morgan fingerprint density at radius 1 is 1.15 bits per heavy atom. The highest BCUT2D eigenvalue weighted by Crippen LogP contribution is 2.34. The maximum atomic E-state index is 13.4. The van der Waals surface area contributed by atoms with Crippen molar-refractivity contribution in [2.45, 2.75) is 34.1 Å². The molecule has 2 aromatic heterocycles. The number of hydrogen-bond donors (Lipinski definition) is 1. The monoisotopic (exact) mass is 470 g/mol. The molecule has 3 rings (SSSR count). The maximum absolute atomic E-state index is 13.4. The van der Waals surface area contributed by atoms with Crippen molar-refractivity contribution < 1.29 is 13.9 Å². The highest BCUT2D eigenvalue weighted by atomic mass is 35.5. The first-order valence-corrected chi connectivity index (χ1v) is 11.1. The SMILES string of the molecule is CC(C)CC(=O)NCC(C)(C)COc1cnc(-c2ccc(F)cc2)c(-c2ccncc2Cl)n1. The van der Waals surface area contributed by atoms with Crippen LogP contribution in [0.1, 0.15) is 34.1 Å². The Morgan fingerprint density at radius 2 is 1.88 bits per heavy atom. The first-order chi connectivity index (χ1) is 15.6. The third-order valence-corrected chi connectivity index (χ3v) is 5.17. The summed E-state index contributed by atoms with van der Waals surface area (Å²) in [7, 11) is 0. The normalized spacial score (nSPS) is 11.5. The van der Waals surface area contributed by atoms with Crippen LogP contribution in [-0.2, 0) is 4.79 Å². The molecule has 1 amide bonds. The van der Waals surface area contributed by atoms with E-state index in [2.05, 4.69) is 20.3 Å². The van der Waals surface area contributed by atoms with E-state index in [4.69, 9.17) is 16.3 Å². The predicted octanol–water partition coefficient (Wildman–Crippen LogP) is 5.57. The van der Waals surface area contributed by atoms with Crippen LogP contribution in [0.15, 0.2) is 48.9 Å². The first-order valence-electron chi connectivity index (χ1n) is 10.8. The number of halogens is 2. The Morgan fingerprint density at radius 3 is 2.55 bits per heavy atom. The van der Waals surface area contributed by atoms with Crippen molar-refractivity contribution in [3.63, 3.8) is 0 Å². The summed E-state index contributed by atoms with van der Waals surface area (Å²) in [6, 6.07) is 7.77. The third-order valence-electron chi connectivity index (χ3n) is 4.86. The lowest BCUT2D eigenvalue weighted by Gasteiger charge is -2.25. The van der Waals surface area contributed by atoms with Gasteiger partial charge in [0, 0.05) is 41.9 Å². The van der Waals surface area contributed by atoms with Gasteiger partial charge in [-0.2, -0.15) is 0 Å². The molecule has 1 aromatic carbocycles. The lowest BCUT2D eigenvalue weighted by atomic mass is 9.94. The number of nitrogens with zero attached hydrogens (tertiary/aromatic N) is 3. The van der Waals surface area contributed by atoms with E-state index in [1.807, 2.05) is 27.7 Å². The molecule has 0 unspecified atom stereocenters. The van der Waals surface area contributed by atoms with Gasteiger partial charge in [0.1, 0.15) is 11.5 Å². The minimum absolute atomic E-state index is 0.0242. The minimum Gasteiger partial charge on any atom is -0.476 e. The van der Waals surface area contributed by atoms with Gasteiger partial charge in [0.2, 0.25) is 11.8 Å². The number of nitrogens with one attached hydrogen (secondary N) is 1. The van der Waals surface area contributed by atoms with Gasteiger partial charge in [0.25, 0.3) is 0 Å². The highest BCUT2D eigenvalue weighted by molar-refractivity contribution is 6.33. The van der Waals surface area contributed by atoms with Gasteiger partial charge in [-0.25, -0.2) is 14.4 Å². The fourth-order valence-corrected chi connectivity index (χ4v) is 3.33. The number of aromatic nitrogens is 3. The average molecular weight is 471 g/mol. The predicted molar refractivity (Wildman–Crippen MR) is 127 cm³/mol. The van der Waals surface area contributed by atoms with Gasteiger partial charge in [0.05, 0.1) is 23.5 Å². The lowest BCUT2D eigenvalue weighted by Crippen LogP contribution is -2.38. The molecule has 0 saturated carbocycles. The van der Waals surface area contributed by atoms with Crippen LogP contribution in [0.4, 0.5) is 4.39 Å². The van der Waals surface area contributed by atoms with Gasteiger partial charge < -0.3 is 10.1 Å². The molecule has 8 heteroatoms. The molecule has 0 saturated heterocycles. The summed E-state index contributed by atoms with van der Waals surface area (Å²) in [6.07, 6.45) is 5.17. The standard InChI is InChI=1S/C25H28ClFN4O2/c1-16(2)11-21(32)30-14-25(3,4)15-33-22-13-29-23(17-5-7-18(27)8-6-17)24(31-22)19-9-10-28-12-20(19)26/h5-10,12-13,16H,11,14-15H2,1-4H3,(H,30,32). The summed E-state index contributed by atoms with van der Waals surface area (Å²) < 4.78 is 19.4. The molecule has 0 atom stereocenters. The van der Waals surface area contributed by atoms with E-state index in [9.17, 15) is 9.18 Å². The lowest BCUT2D eigenvalue weighted by molar-refractivity contribution is -0.122. The Hall–Kier alpha value is -3.06. The molecule has 33 heavy (non-hydrogen) atoms. The zero-order chi connectivity index (χ0) is 24.0. The number of carbonyl (C=O) groups is 1. The van der Waals surface area contributed by atoms with E-state index >= 15 is 0 Å². The van der Waals surface area contributed by atoms with E-state index in [0.717, 1.165) is 0 Å². The van der Waals surface area contributed by atoms with Crippen LogP contribution in [0.2, 0.25) is 5.02 Å². The van der Waals surface area contributed by atoms with Crippen molar-refractivity contribution in [1.29, 1.82) is 0 Å². The van der Waals surface area contributed by atoms with Gasteiger partial charge >= 0.3 is 0 Å². The molecule has 0 radical (unpaired) electrons. The third kappa shape index (κ3) is 6.96. The van der Waals surface area contributed by atoms with Crippen molar-refractivity contribution in [2.75, 3.05) is 13.2 Å². The number of rotatable bonds is 9. The summed E-state index contributed by atoms with van der Waals surface area (Å²) >= 11 is 6.38. The van der Waals surface area contributed by atoms with E-state index in [-0.39, 0.29) is 17.1 Å². The molecule has 0 fully saturated rings. The van der Waals surface area contributed by atoms with Crippen LogP contribution in [0.5, 0.6) is 5.88 Å². The van der Waals surface area contributed by atoms with Crippen molar-refractivity contribution in [2.24, 2.45) is 11.3 Å². The number of ether oxygens (including phenoxy) is 1. The molecule has 0 spiro atoms. The number of amides is 1. The summed E-state index contributed by atoms with van der Waals surface area (Å²) in [5.41, 5.74) is 2.08. The zero-order valence-electron chi connectivity index (χ0n) is 19.2. The minimum atomic E-state index is -0.335. The van der Waals surface area contributed by atoms with Gasteiger partial charge in [-0.1, -0.05) is 39.3 Å². The van der Waals surface area contributed by atoms with E-state index in [1.165, 1.54) is 24.5 Å². The molecule has 0 aliphatic heterocycles. The second-order valence-electron chi connectivity index (χ2n) is 9.10. The maximum Gasteiger partial charge on any atom is 0.232 e. The molecular weight excluding hydrogens is 443 g/mol. The molecule has 1 N–H and O–H groups in total. The van der Waals surface area contributed by atoms with Crippen molar-refractivity contribution in [3.05, 3.63) is 59.8 Å². The van der Waals surface area contributed by atoms with Crippen LogP contribution in [0.3, 0.4) is 0 Å². The molecule has 0 aliphatic carbocycles. The van der Waals surface area contributed by atoms with Crippen LogP contribution < -0.4 is 10.1 Å². The van der Waals surface area contributed by atoms with Crippen LogP contribution in [0, 0.1) is 17.2 Å². The van der Waals surface area contributed by atoms with Gasteiger partial charge in [-0.3, -0.25) is 9.78 Å². The molecule has 6 nitrogen and oxygen atoms in total. The van der Waals surface area contributed by atoms with Gasteiger partial charge in [-0.05, 0) is 36.2 Å². The summed E-state index contributed by atoms with van der Waals surface area (Å²) in [6.45, 7) is 8.82. The number of hydrogen-bond acceptors (Lipinski definition) is 5. The topological polar surface area (TPSA) is 77.0 Å². The van der Waals surface area contributed by atoms with E-state index < -0.39 is 0 Å². The molecule has 3 aromatic rings. The molecule has 2 heterocycles. The van der Waals surface area contributed by atoms with Crippen LogP contribution in [-0.4, -0.2) is 34.0 Å². The number of carbonyl (C=O) groups excluding carboxylic acids is 1. The highest BCUT2D eigenvalue weighted by Gasteiger charge is 2.22. The molecular formula is C25H28ClFN4O2. The fraction of sp³-hybridized carbons (Fsp3) is 0.360. The molecule has 0 bridgehead atoms. The molecule has 0 aliphatic rings. The summed E-state index contributed by atoms with van der Waals surface area (Å²) in [4.78, 5) is 25.2. The Labute approximate surface area is 198 Å². The quantitative estimate of drug-likeness (QED) is 0.442. The number of benzene rings is 1. The second-order valence-corrected chi connectivity index (χ2v) is 9.50. The zero-order valence-corrected chi connectivity index (χ0v) is 20.0. The Bertz CT molecular complexity index is 1100. The van der Waals surface area contributed by atoms with E-state index in [0.29, 0.717) is 58.9 Å².